The first-order valence-corrected chi connectivity index (χ1v) is 8.50. The van der Waals surface area contributed by atoms with Crippen LogP contribution in [0.1, 0.15) is 30.9 Å². The summed E-state index contributed by atoms with van der Waals surface area (Å²) >= 11 is 6.06. The van der Waals surface area contributed by atoms with Gasteiger partial charge in [-0.25, -0.2) is 5.06 Å². The molecule has 0 aromatic heterocycles. The Balaban J connectivity index is 1.81. The second kappa shape index (κ2) is 5.82. The number of fused-ring (bicyclic) bond motifs is 1. The summed E-state index contributed by atoms with van der Waals surface area (Å²) in [6.07, 6.45) is 3.13. The normalized spacial score (nSPS) is 29.7. The third-order valence-electron chi connectivity index (χ3n) is 5.26. The molecule has 0 unspecified atom stereocenters. The number of aliphatic hydroxyl groups is 1. The SMILES string of the molecule is OC[C@@]12CCC[C@@H]1ON(c1ccccc1)[C@@H]2c1ccc(Cl)cc1. The van der Waals surface area contributed by atoms with E-state index in [2.05, 4.69) is 12.1 Å². The number of benzene rings is 2. The number of para-hydroxylation sites is 1. The number of halogens is 1. The van der Waals surface area contributed by atoms with Gasteiger partial charge in [-0.05, 0) is 49.1 Å². The van der Waals surface area contributed by atoms with Crippen LogP contribution in [-0.2, 0) is 4.84 Å². The molecular formula is C19H20ClNO2. The van der Waals surface area contributed by atoms with Crippen LogP contribution in [0.3, 0.4) is 0 Å². The fourth-order valence-corrected chi connectivity index (χ4v) is 4.26. The Morgan fingerprint density at radius 3 is 2.57 bits per heavy atom. The van der Waals surface area contributed by atoms with Crippen molar-refractivity contribution >= 4 is 17.3 Å². The lowest BCUT2D eigenvalue weighted by Crippen LogP contribution is -2.36. The molecule has 2 aromatic carbocycles. The lowest BCUT2D eigenvalue weighted by atomic mass is 9.75. The van der Waals surface area contributed by atoms with Gasteiger partial charge in [0.2, 0.25) is 0 Å². The Kier molecular flexibility index (Phi) is 3.80. The molecule has 2 fully saturated rings. The topological polar surface area (TPSA) is 32.7 Å². The van der Waals surface area contributed by atoms with Crippen molar-refractivity contribution in [1.82, 2.24) is 0 Å². The summed E-state index contributed by atoms with van der Waals surface area (Å²) in [6, 6.07) is 18.0. The molecule has 1 saturated carbocycles. The highest BCUT2D eigenvalue weighted by Crippen LogP contribution is 2.57. The number of hydrogen-bond donors (Lipinski definition) is 1. The van der Waals surface area contributed by atoms with Crippen LogP contribution in [0.2, 0.25) is 5.02 Å². The monoisotopic (exact) mass is 329 g/mol. The molecule has 2 aromatic rings. The maximum Gasteiger partial charge on any atom is 0.0959 e. The van der Waals surface area contributed by atoms with Crippen molar-refractivity contribution < 1.29 is 9.94 Å². The van der Waals surface area contributed by atoms with E-state index in [1.54, 1.807) is 0 Å². The molecule has 0 amide bonds. The number of aliphatic hydroxyl groups excluding tert-OH is 1. The number of hydroxylamine groups is 1. The first-order chi connectivity index (χ1) is 11.2. The van der Waals surface area contributed by atoms with Crippen LogP contribution in [0, 0.1) is 5.41 Å². The number of hydrogen-bond acceptors (Lipinski definition) is 3. The van der Waals surface area contributed by atoms with Crippen molar-refractivity contribution in [1.29, 1.82) is 0 Å². The van der Waals surface area contributed by atoms with E-state index in [4.69, 9.17) is 16.4 Å². The molecule has 1 N–H and O–H groups in total. The highest BCUT2D eigenvalue weighted by molar-refractivity contribution is 6.30. The quantitative estimate of drug-likeness (QED) is 0.908. The zero-order chi connectivity index (χ0) is 15.9. The summed E-state index contributed by atoms with van der Waals surface area (Å²) in [5, 5.41) is 13.0. The van der Waals surface area contributed by atoms with Crippen LogP contribution in [-0.4, -0.2) is 17.8 Å². The fourth-order valence-electron chi connectivity index (χ4n) is 4.13. The van der Waals surface area contributed by atoms with Crippen LogP contribution >= 0.6 is 11.6 Å². The van der Waals surface area contributed by atoms with E-state index < -0.39 is 0 Å². The highest BCUT2D eigenvalue weighted by Gasteiger charge is 2.58. The van der Waals surface area contributed by atoms with Gasteiger partial charge in [-0.15, -0.1) is 0 Å². The summed E-state index contributed by atoms with van der Waals surface area (Å²) in [6.45, 7) is 0.133. The Hall–Kier alpha value is -1.55. The van der Waals surface area contributed by atoms with Gasteiger partial charge < -0.3 is 5.11 Å². The molecule has 1 aliphatic heterocycles. The van der Waals surface area contributed by atoms with Crippen molar-refractivity contribution in [3.63, 3.8) is 0 Å². The Bertz CT molecular complexity index is 676. The number of nitrogens with zero attached hydrogens (tertiary/aromatic N) is 1. The minimum absolute atomic E-state index is 0.000309. The summed E-state index contributed by atoms with van der Waals surface area (Å²) in [4.78, 5) is 6.30. The predicted octanol–water partition coefficient (Wildman–Crippen LogP) is 4.36. The molecule has 0 spiro atoms. The van der Waals surface area contributed by atoms with E-state index in [0.717, 1.165) is 35.5 Å². The average molecular weight is 330 g/mol. The Morgan fingerprint density at radius 2 is 1.87 bits per heavy atom. The van der Waals surface area contributed by atoms with Gasteiger partial charge in [-0.2, -0.15) is 0 Å². The van der Waals surface area contributed by atoms with Gasteiger partial charge in [-0.3, -0.25) is 4.84 Å². The van der Waals surface area contributed by atoms with Gasteiger partial charge in [0.1, 0.15) is 0 Å². The van der Waals surface area contributed by atoms with E-state index in [0.29, 0.717) is 0 Å². The molecule has 3 nitrogen and oxygen atoms in total. The fraction of sp³-hybridized carbons (Fsp3) is 0.368. The molecule has 4 rings (SSSR count). The van der Waals surface area contributed by atoms with Gasteiger partial charge >= 0.3 is 0 Å². The molecule has 1 heterocycles. The van der Waals surface area contributed by atoms with Gasteiger partial charge in [0, 0.05) is 10.4 Å². The smallest absolute Gasteiger partial charge is 0.0959 e. The van der Waals surface area contributed by atoms with E-state index in [1.807, 2.05) is 47.5 Å². The second-order valence-electron chi connectivity index (χ2n) is 6.49. The summed E-state index contributed by atoms with van der Waals surface area (Å²) < 4.78 is 0. The van der Waals surface area contributed by atoms with Crippen molar-refractivity contribution in [3.8, 4) is 0 Å². The molecule has 1 saturated heterocycles. The minimum Gasteiger partial charge on any atom is -0.396 e. The maximum absolute atomic E-state index is 10.2. The van der Waals surface area contributed by atoms with Crippen LogP contribution in [0.4, 0.5) is 5.69 Å². The van der Waals surface area contributed by atoms with E-state index in [1.165, 1.54) is 0 Å². The van der Waals surface area contributed by atoms with Gasteiger partial charge in [0.25, 0.3) is 0 Å². The first kappa shape index (κ1) is 15.0. The third-order valence-corrected chi connectivity index (χ3v) is 5.51. The molecule has 1 aliphatic carbocycles. The first-order valence-electron chi connectivity index (χ1n) is 8.12. The molecular weight excluding hydrogens is 310 g/mol. The zero-order valence-electron chi connectivity index (χ0n) is 12.9. The molecule has 2 aliphatic rings. The van der Waals surface area contributed by atoms with Crippen molar-refractivity contribution in [2.45, 2.75) is 31.4 Å². The van der Waals surface area contributed by atoms with Crippen molar-refractivity contribution in [2.24, 2.45) is 5.41 Å². The summed E-state index contributed by atoms with van der Waals surface area (Å²) in [5.41, 5.74) is 1.91. The third kappa shape index (κ3) is 2.35. The van der Waals surface area contributed by atoms with Gasteiger partial charge in [0.15, 0.2) is 0 Å². The van der Waals surface area contributed by atoms with Crippen LogP contribution < -0.4 is 5.06 Å². The highest BCUT2D eigenvalue weighted by atomic mass is 35.5. The van der Waals surface area contributed by atoms with Crippen molar-refractivity contribution in [2.75, 3.05) is 11.7 Å². The summed E-state index contributed by atoms with van der Waals surface area (Å²) in [7, 11) is 0. The van der Waals surface area contributed by atoms with Crippen LogP contribution in [0.25, 0.3) is 0 Å². The van der Waals surface area contributed by atoms with Crippen molar-refractivity contribution in [3.05, 3.63) is 65.2 Å². The largest absolute Gasteiger partial charge is 0.396 e. The average Bonchev–Trinajstić information content (AvgIpc) is 3.13. The molecule has 4 heteroatoms. The van der Waals surface area contributed by atoms with Gasteiger partial charge in [-0.1, -0.05) is 41.9 Å². The van der Waals surface area contributed by atoms with E-state index >= 15 is 0 Å². The molecule has 23 heavy (non-hydrogen) atoms. The summed E-state index contributed by atoms with van der Waals surface area (Å²) in [5.74, 6) is 0. The van der Waals surface area contributed by atoms with Crippen LogP contribution in [0.15, 0.2) is 54.6 Å². The van der Waals surface area contributed by atoms with Crippen LogP contribution in [0.5, 0.6) is 0 Å². The Labute approximate surface area is 141 Å². The Morgan fingerprint density at radius 1 is 1.13 bits per heavy atom. The second-order valence-corrected chi connectivity index (χ2v) is 6.93. The number of rotatable bonds is 3. The zero-order valence-corrected chi connectivity index (χ0v) is 13.6. The molecule has 0 radical (unpaired) electrons. The lowest BCUT2D eigenvalue weighted by molar-refractivity contribution is 0.0280. The standard InChI is InChI=1S/C19H20ClNO2/c20-15-10-8-14(9-11-15)18-19(13-22)12-4-7-17(19)23-21(18)16-5-2-1-3-6-16/h1-3,5-6,8-11,17-18,22H,4,7,12-13H2/t17-,18+,19-/m0/s1. The van der Waals surface area contributed by atoms with Gasteiger partial charge in [0.05, 0.1) is 24.4 Å². The van der Waals surface area contributed by atoms with E-state index in [9.17, 15) is 5.11 Å². The molecule has 0 bridgehead atoms. The lowest BCUT2D eigenvalue weighted by Gasteiger charge is -2.34. The molecule has 120 valence electrons. The van der Waals surface area contributed by atoms with E-state index in [-0.39, 0.29) is 24.2 Å². The minimum atomic E-state index is -0.246. The number of anilines is 1. The molecule has 3 atom stereocenters. The maximum atomic E-state index is 10.2. The predicted molar refractivity (Wildman–Crippen MR) is 91.4 cm³/mol.